The van der Waals surface area contributed by atoms with Crippen molar-refractivity contribution in [1.82, 2.24) is 20.2 Å². The molecule has 2 aliphatic rings. The number of aromatic nitrogens is 4. The van der Waals surface area contributed by atoms with Gasteiger partial charge in [0.1, 0.15) is 5.82 Å². The van der Waals surface area contributed by atoms with Crippen LogP contribution in [0.25, 0.3) is 0 Å². The molecular weight excluding hydrogens is 297 g/mol. The highest BCUT2D eigenvalue weighted by atomic mass is 19.1. The van der Waals surface area contributed by atoms with Gasteiger partial charge >= 0.3 is 0 Å². The number of hydrogen-bond donors (Lipinski definition) is 0. The molecule has 23 heavy (non-hydrogen) atoms. The zero-order valence-corrected chi connectivity index (χ0v) is 13.2. The monoisotopic (exact) mass is 317 g/mol. The van der Waals surface area contributed by atoms with Crippen molar-refractivity contribution < 1.29 is 9.13 Å². The van der Waals surface area contributed by atoms with E-state index >= 15 is 0 Å². The zero-order chi connectivity index (χ0) is 15.8. The van der Waals surface area contributed by atoms with Crippen LogP contribution >= 0.6 is 0 Å². The topological polar surface area (TPSA) is 56.1 Å². The second-order valence-corrected chi connectivity index (χ2v) is 6.23. The average Bonchev–Trinajstić information content (AvgIpc) is 3.05. The molecule has 0 bridgehead atoms. The minimum Gasteiger partial charge on any atom is -0.381 e. The van der Waals surface area contributed by atoms with Crippen molar-refractivity contribution in [1.29, 1.82) is 0 Å². The van der Waals surface area contributed by atoms with Crippen LogP contribution in [0.3, 0.4) is 0 Å². The molecule has 1 aromatic carbocycles. The second kappa shape index (κ2) is 5.88. The second-order valence-electron chi connectivity index (χ2n) is 6.23. The predicted octanol–water partition coefficient (Wildman–Crippen LogP) is 2.29. The Kier molecular flexibility index (Phi) is 3.72. The van der Waals surface area contributed by atoms with Gasteiger partial charge in [-0.3, -0.25) is 0 Å². The van der Waals surface area contributed by atoms with Gasteiger partial charge in [0, 0.05) is 19.8 Å². The summed E-state index contributed by atoms with van der Waals surface area (Å²) >= 11 is 0. The van der Waals surface area contributed by atoms with E-state index in [-0.39, 0.29) is 17.9 Å². The normalized spacial score (nSPS) is 22.2. The Morgan fingerprint density at radius 1 is 1.26 bits per heavy atom. The molecule has 2 aromatic rings. The maximum atomic E-state index is 13.4. The van der Waals surface area contributed by atoms with Crippen LogP contribution in [-0.4, -0.2) is 40.0 Å². The van der Waals surface area contributed by atoms with Crippen molar-refractivity contribution in [2.45, 2.75) is 38.3 Å². The smallest absolute Gasteiger partial charge is 0.246 e. The summed E-state index contributed by atoms with van der Waals surface area (Å²) in [7, 11) is 0. The number of tetrazole rings is 1. The number of fused-ring (bicyclic) bond motifs is 1. The van der Waals surface area contributed by atoms with E-state index in [1.54, 1.807) is 6.07 Å². The third-order valence-corrected chi connectivity index (χ3v) is 4.91. The molecule has 0 radical (unpaired) electrons. The summed E-state index contributed by atoms with van der Waals surface area (Å²) in [5.41, 5.74) is 2.23. The van der Waals surface area contributed by atoms with E-state index in [4.69, 9.17) is 4.74 Å². The molecule has 1 saturated heterocycles. The first-order valence-corrected chi connectivity index (χ1v) is 8.14. The Morgan fingerprint density at radius 3 is 2.91 bits per heavy atom. The molecule has 1 fully saturated rings. The lowest BCUT2D eigenvalue weighted by Crippen LogP contribution is -2.37. The van der Waals surface area contributed by atoms with E-state index in [0.717, 1.165) is 56.1 Å². The van der Waals surface area contributed by atoms with Crippen molar-refractivity contribution in [3.63, 3.8) is 0 Å². The maximum Gasteiger partial charge on any atom is 0.246 e. The molecule has 0 N–H and O–H groups in total. The van der Waals surface area contributed by atoms with E-state index in [1.807, 2.05) is 10.7 Å². The molecule has 0 spiro atoms. The fraction of sp³-hybridized carbons (Fsp3) is 0.562. The van der Waals surface area contributed by atoms with Crippen LogP contribution in [-0.2, 0) is 11.2 Å². The lowest BCUT2D eigenvalue weighted by Gasteiger charge is -2.36. The van der Waals surface area contributed by atoms with Gasteiger partial charge in [0.15, 0.2) is 0 Å². The summed E-state index contributed by atoms with van der Waals surface area (Å²) in [6.45, 7) is 4.42. The highest BCUT2D eigenvalue weighted by Gasteiger charge is 2.30. The highest BCUT2D eigenvalue weighted by molar-refractivity contribution is 5.43. The first-order chi connectivity index (χ1) is 11.2. The van der Waals surface area contributed by atoms with Gasteiger partial charge in [-0.1, -0.05) is 11.2 Å². The van der Waals surface area contributed by atoms with Crippen LogP contribution in [0, 0.1) is 5.82 Å². The fourth-order valence-electron chi connectivity index (χ4n) is 3.62. The van der Waals surface area contributed by atoms with Gasteiger partial charge < -0.3 is 9.64 Å². The number of halogens is 1. The molecule has 1 unspecified atom stereocenters. The number of ether oxygens (including phenoxy) is 1. The molecule has 2 aliphatic heterocycles. The van der Waals surface area contributed by atoms with E-state index in [0.29, 0.717) is 0 Å². The van der Waals surface area contributed by atoms with E-state index < -0.39 is 0 Å². The third-order valence-electron chi connectivity index (χ3n) is 4.91. The molecule has 7 heteroatoms. The quantitative estimate of drug-likeness (QED) is 0.850. The Hall–Kier alpha value is -2.02. The minimum atomic E-state index is -0.170. The Morgan fingerprint density at radius 2 is 2.09 bits per heavy atom. The van der Waals surface area contributed by atoms with Crippen molar-refractivity contribution >= 4 is 5.95 Å². The molecule has 4 rings (SSSR count). The van der Waals surface area contributed by atoms with Gasteiger partial charge in [-0.15, -0.1) is 0 Å². The van der Waals surface area contributed by atoms with Crippen LogP contribution in [0.1, 0.15) is 43.0 Å². The summed E-state index contributed by atoms with van der Waals surface area (Å²) in [6, 6.07) is 5.47. The Balaban J connectivity index is 1.64. The molecule has 1 atom stereocenters. The van der Waals surface area contributed by atoms with Crippen molar-refractivity contribution in [3.8, 4) is 0 Å². The van der Waals surface area contributed by atoms with Gasteiger partial charge in [0.05, 0.1) is 12.1 Å². The summed E-state index contributed by atoms with van der Waals surface area (Å²) in [5, 5.41) is 12.4. The number of anilines is 1. The fourth-order valence-corrected chi connectivity index (χ4v) is 3.62. The minimum absolute atomic E-state index is 0.129. The molecule has 0 amide bonds. The number of hydrogen-bond acceptors (Lipinski definition) is 5. The van der Waals surface area contributed by atoms with Crippen LogP contribution in [0.4, 0.5) is 10.3 Å². The van der Waals surface area contributed by atoms with E-state index in [1.165, 1.54) is 6.07 Å². The van der Waals surface area contributed by atoms with Crippen molar-refractivity contribution in [2.75, 3.05) is 24.7 Å². The molecule has 122 valence electrons. The van der Waals surface area contributed by atoms with Gasteiger partial charge in [-0.05, 0) is 59.9 Å². The van der Waals surface area contributed by atoms with Crippen molar-refractivity contribution in [2.24, 2.45) is 0 Å². The Labute approximate surface area is 134 Å². The van der Waals surface area contributed by atoms with Gasteiger partial charge in [-0.2, -0.15) is 0 Å². The average molecular weight is 317 g/mol. The molecule has 6 nitrogen and oxygen atoms in total. The standard InChI is InChI=1S/C16H20FN5O/c1-11-15-3-2-13(17)10-12(15)4-7-21(11)16-18-19-20-22(16)14-5-8-23-9-6-14/h2-3,10-11,14H,4-9H2,1H3. The molecule has 1 aromatic heterocycles. The first-order valence-electron chi connectivity index (χ1n) is 8.14. The predicted molar refractivity (Wildman–Crippen MR) is 82.8 cm³/mol. The highest BCUT2D eigenvalue weighted by Crippen LogP contribution is 2.34. The first kappa shape index (κ1) is 14.6. The van der Waals surface area contributed by atoms with Crippen LogP contribution in [0.2, 0.25) is 0 Å². The lowest BCUT2D eigenvalue weighted by atomic mass is 9.93. The molecule has 0 aliphatic carbocycles. The maximum absolute atomic E-state index is 13.4. The zero-order valence-electron chi connectivity index (χ0n) is 13.2. The number of rotatable bonds is 2. The molecular formula is C16H20FN5O. The van der Waals surface area contributed by atoms with E-state index in [9.17, 15) is 4.39 Å². The lowest BCUT2D eigenvalue weighted by molar-refractivity contribution is 0.0659. The summed E-state index contributed by atoms with van der Waals surface area (Å²) in [6.07, 6.45) is 2.67. The van der Waals surface area contributed by atoms with E-state index in [2.05, 4.69) is 27.3 Å². The largest absolute Gasteiger partial charge is 0.381 e. The van der Waals surface area contributed by atoms with Gasteiger partial charge in [-0.25, -0.2) is 9.07 Å². The molecule has 0 saturated carbocycles. The van der Waals surface area contributed by atoms with Crippen molar-refractivity contribution in [3.05, 3.63) is 35.1 Å². The van der Waals surface area contributed by atoms with Crippen LogP contribution < -0.4 is 4.90 Å². The summed E-state index contributed by atoms with van der Waals surface area (Å²) in [4.78, 5) is 2.22. The third kappa shape index (κ3) is 2.59. The van der Waals surface area contributed by atoms with Crippen LogP contribution in [0.5, 0.6) is 0 Å². The van der Waals surface area contributed by atoms with Gasteiger partial charge in [0.25, 0.3) is 0 Å². The molecule has 3 heterocycles. The summed E-state index contributed by atoms with van der Waals surface area (Å²) < 4.78 is 20.8. The Bertz CT molecular complexity index is 698. The summed E-state index contributed by atoms with van der Waals surface area (Å²) in [5.74, 6) is 0.635. The number of nitrogens with zero attached hydrogens (tertiary/aromatic N) is 5. The van der Waals surface area contributed by atoms with Crippen LogP contribution in [0.15, 0.2) is 18.2 Å². The SMILES string of the molecule is CC1c2ccc(F)cc2CCN1c1nnnn1C1CCOCC1. The number of benzene rings is 1. The van der Waals surface area contributed by atoms with Gasteiger partial charge in [0.2, 0.25) is 5.95 Å².